The van der Waals surface area contributed by atoms with Crippen LogP contribution in [0.1, 0.15) is 77.0 Å². The van der Waals surface area contributed by atoms with E-state index in [0.717, 1.165) is 43.2 Å². The molecule has 0 spiro atoms. The van der Waals surface area contributed by atoms with E-state index in [1.807, 2.05) is 31.2 Å². The van der Waals surface area contributed by atoms with E-state index in [4.69, 9.17) is 4.74 Å². The van der Waals surface area contributed by atoms with Crippen molar-refractivity contribution in [3.8, 4) is 0 Å². The maximum absolute atomic E-state index is 13.3. The number of aryl methyl sites for hydroxylation is 1. The summed E-state index contributed by atoms with van der Waals surface area (Å²) < 4.78 is 5.25. The highest BCUT2D eigenvalue weighted by atomic mass is 16.6. The van der Waals surface area contributed by atoms with Crippen molar-refractivity contribution in [2.24, 2.45) is 0 Å². The molecule has 1 aliphatic rings. The molecule has 31 heavy (non-hydrogen) atoms. The standard InChI is InChI=1S/C24H37N3O4/c1-6-7-15-25-22(29)21(19-14-9-8-11-17(19)2)27(18-12-10-13-18)20(28)16-26-23(30)31-24(3,4)5/h8-9,11,14,18,21H,6-7,10,12-13,15-16H2,1-5H3,(H,25,29)(H,26,30). The first kappa shape index (κ1) is 24.7. The highest BCUT2D eigenvalue weighted by Crippen LogP contribution is 2.34. The van der Waals surface area contributed by atoms with Crippen molar-refractivity contribution in [1.82, 2.24) is 15.5 Å². The molecular formula is C24H37N3O4. The van der Waals surface area contributed by atoms with Gasteiger partial charge in [-0.3, -0.25) is 9.59 Å². The van der Waals surface area contributed by atoms with Gasteiger partial charge in [0.25, 0.3) is 0 Å². The van der Waals surface area contributed by atoms with E-state index >= 15 is 0 Å². The maximum atomic E-state index is 13.3. The number of rotatable bonds is 9. The number of unbranched alkanes of at least 4 members (excludes halogenated alkanes) is 1. The zero-order valence-electron chi connectivity index (χ0n) is 19.5. The van der Waals surface area contributed by atoms with Gasteiger partial charge in [-0.2, -0.15) is 0 Å². The number of amides is 3. The van der Waals surface area contributed by atoms with Crippen molar-refractivity contribution in [2.45, 2.75) is 84.4 Å². The Hall–Kier alpha value is -2.57. The number of ether oxygens (including phenoxy) is 1. The van der Waals surface area contributed by atoms with E-state index in [1.165, 1.54) is 0 Å². The summed E-state index contributed by atoms with van der Waals surface area (Å²) in [6, 6.07) is 6.91. The van der Waals surface area contributed by atoms with Crippen LogP contribution < -0.4 is 10.6 Å². The van der Waals surface area contributed by atoms with Gasteiger partial charge in [-0.05, 0) is 64.5 Å². The summed E-state index contributed by atoms with van der Waals surface area (Å²) in [6.07, 6.45) is 3.93. The van der Waals surface area contributed by atoms with Crippen LogP contribution in [0, 0.1) is 6.92 Å². The van der Waals surface area contributed by atoms with Crippen LogP contribution in [0.4, 0.5) is 4.79 Å². The number of benzene rings is 1. The lowest BCUT2D eigenvalue weighted by atomic mass is 9.88. The first-order valence-corrected chi connectivity index (χ1v) is 11.2. The molecule has 1 saturated carbocycles. The zero-order chi connectivity index (χ0) is 23.0. The Balaban J connectivity index is 2.26. The average molecular weight is 432 g/mol. The number of hydrogen-bond acceptors (Lipinski definition) is 4. The molecule has 3 amide bonds. The van der Waals surface area contributed by atoms with Gasteiger partial charge in [-0.15, -0.1) is 0 Å². The maximum Gasteiger partial charge on any atom is 0.408 e. The number of carbonyl (C=O) groups excluding carboxylic acids is 3. The minimum Gasteiger partial charge on any atom is -0.444 e. The van der Waals surface area contributed by atoms with Crippen LogP contribution in [0.25, 0.3) is 0 Å². The van der Waals surface area contributed by atoms with Crippen LogP contribution in [0.2, 0.25) is 0 Å². The molecule has 0 heterocycles. The van der Waals surface area contributed by atoms with Gasteiger partial charge in [0.2, 0.25) is 11.8 Å². The third kappa shape index (κ3) is 7.26. The molecule has 0 bridgehead atoms. The van der Waals surface area contributed by atoms with Gasteiger partial charge in [0.05, 0.1) is 0 Å². The number of hydrogen-bond donors (Lipinski definition) is 2. The zero-order valence-corrected chi connectivity index (χ0v) is 19.5. The Morgan fingerprint density at radius 2 is 1.84 bits per heavy atom. The summed E-state index contributed by atoms with van der Waals surface area (Å²) in [7, 11) is 0. The Bertz CT molecular complexity index is 768. The quantitative estimate of drug-likeness (QED) is 0.581. The van der Waals surface area contributed by atoms with Crippen molar-refractivity contribution >= 4 is 17.9 Å². The number of nitrogens with one attached hydrogen (secondary N) is 2. The Morgan fingerprint density at radius 1 is 1.16 bits per heavy atom. The fourth-order valence-electron chi connectivity index (χ4n) is 3.57. The van der Waals surface area contributed by atoms with E-state index in [9.17, 15) is 14.4 Å². The molecule has 1 aliphatic carbocycles. The summed E-state index contributed by atoms with van der Waals surface area (Å²) in [5, 5.41) is 5.55. The lowest BCUT2D eigenvalue weighted by Crippen LogP contribution is -2.54. The topological polar surface area (TPSA) is 87.7 Å². The molecule has 0 aromatic heterocycles. The summed E-state index contributed by atoms with van der Waals surface area (Å²) in [5.41, 5.74) is 1.12. The molecule has 2 N–H and O–H groups in total. The highest BCUT2D eigenvalue weighted by molar-refractivity contribution is 5.91. The SMILES string of the molecule is CCCCNC(=O)C(c1ccccc1C)N(C(=O)CNC(=O)OC(C)(C)C)C1CCC1. The molecule has 0 saturated heterocycles. The molecular weight excluding hydrogens is 394 g/mol. The fraction of sp³-hybridized carbons (Fsp3) is 0.625. The van der Waals surface area contributed by atoms with Gasteiger partial charge in [0.1, 0.15) is 18.2 Å². The van der Waals surface area contributed by atoms with E-state index < -0.39 is 17.7 Å². The van der Waals surface area contributed by atoms with Crippen LogP contribution in [-0.2, 0) is 14.3 Å². The van der Waals surface area contributed by atoms with Gasteiger partial charge in [0, 0.05) is 12.6 Å². The molecule has 7 heteroatoms. The highest BCUT2D eigenvalue weighted by Gasteiger charge is 2.39. The second-order valence-electron chi connectivity index (χ2n) is 9.14. The van der Waals surface area contributed by atoms with Gasteiger partial charge < -0.3 is 20.3 Å². The van der Waals surface area contributed by atoms with Crippen molar-refractivity contribution < 1.29 is 19.1 Å². The van der Waals surface area contributed by atoms with Crippen molar-refractivity contribution in [3.05, 3.63) is 35.4 Å². The molecule has 1 atom stereocenters. The fourth-order valence-corrected chi connectivity index (χ4v) is 3.57. The van der Waals surface area contributed by atoms with Crippen molar-refractivity contribution in [1.29, 1.82) is 0 Å². The van der Waals surface area contributed by atoms with Crippen LogP contribution in [0.3, 0.4) is 0 Å². The van der Waals surface area contributed by atoms with E-state index in [0.29, 0.717) is 6.54 Å². The molecule has 1 unspecified atom stereocenters. The van der Waals surface area contributed by atoms with Crippen LogP contribution in [0.15, 0.2) is 24.3 Å². The van der Waals surface area contributed by atoms with Gasteiger partial charge in [-0.25, -0.2) is 4.79 Å². The monoisotopic (exact) mass is 431 g/mol. The lowest BCUT2D eigenvalue weighted by molar-refractivity contribution is -0.145. The minimum absolute atomic E-state index is 0.0190. The molecule has 7 nitrogen and oxygen atoms in total. The van der Waals surface area contributed by atoms with Gasteiger partial charge in [-0.1, -0.05) is 37.6 Å². The number of nitrogens with zero attached hydrogens (tertiary/aromatic N) is 1. The summed E-state index contributed by atoms with van der Waals surface area (Å²) in [6.45, 7) is 9.68. The van der Waals surface area contributed by atoms with Crippen LogP contribution in [0.5, 0.6) is 0 Å². The third-order valence-electron chi connectivity index (χ3n) is 5.38. The first-order chi connectivity index (χ1) is 14.6. The Labute approximate surface area is 185 Å². The van der Waals surface area contributed by atoms with Crippen LogP contribution >= 0.6 is 0 Å². The minimum atomic E-state index is -0.726. The number of carbonyl (C=O) groups is 3. The molecule has 1 fully saturated rings. The largest absolute Gasteiger partial charge is 0.444 e. The average Bonchev–Trinajstić information content (AvgIpc) is 2.64. The second-order valence-corrected chi connectivity index (χ2v) is 9.14. The molecule has 0 aliphatic heterocycles. The second kappa shape index (κ2) is 11.2. The predicted molar refractivity (Wildman–Crippen MR) is 121 cm³/mol. The van der Waals surface area contributed by atoms with E-state index in [1.54, 1.807) is 25.7 Å². The van der Waals surface area contributed by atoms with E-state index in [2.05, 4.69) is 17.6 Å². The Morgan fingerprint density at radius 3 is 2.39 bits per heavy atom. The smallest absolute Gasteiger partial charge is 0.408 e. The normalized spacial score (nSPS) is 14.9. The van der Waals surface area contributed by atoms with Gasteiger partial charge >= 0.3 is 6.09 Å². The van der Waals surface area contributed by atoms with Gasteiger partial charge in [0.15, 0.2) is 0 Å². The Kier molecular flexibility index (Phi) is 8.89. The molecule has 2 rings (SSSR count). The predicted octanol–water partition coefficient (Wildman–Crippen LogP) is 3.86. The van der Waals surface area contributed by atoms with E-state index in [-0.39, 0.29) is 24.4 Å². The first-order valence-electron chi connectivity index (χ1n) is 11.2. The van der Waals surface area contributed by atoms with Crippen molar-refractivity contribution in [2.75, 3.05) is 13.1 Å². The molecule has 172 valence electrons. The summed E-state index contributed by atoms with van der Waals surface area (Å²) in [5.74, 6) is -0.463. The molecule has 1 aromatic carbocycles. The third-order valence-corrected chi connectivity index (χ3v) is 5.38. The molecule has 0 radical (unpaired) electrons. The molecule has 1 aromatic rings. The summed E-state index contributed by atoms with van der Waals surface area (Å²) >= 11 is 0. The van der Waals surface area contributed by atoms with Crippen LogP contribution in [-0.4, -0.2) is 47.5 Å². The number of alkyl carbamates (subject to hydrolysis) is 1. The van der Waals surface area contributed by atoms with Crippen molar-refractivity contribution in [3.63, 3.8) is 0 Å². The summed E-state index contributed by atoms with van der Waals surface area (Å²) in [4.78, 5) is 40.3. The lowest BCUT2D eigenvalue weighted by Gasteiger charge is -2.42.